The van der Waals surface area contributed by atoms with Crippen LogP contribution >= 0.6 is 0 Å². The molecule has 3 heteroatoms. The fraction of sp³-hybridized carbons (Fsp3) is 0.308. The molecule has 0 spiro atoms. The molecule has 0 atom stereocenters. The molecule has 0 bridgehead atoms. The maximum Gasteiger partial charge on any atom is 0.330 e. The lowest BCUT2D eigenvalue weighted by Crippen LogP contribution is -1.99. The molecule has 1 rings (SSSR count). The van der Waals surface area contributed by atoms with Gasteiger partial charge in [-0.1, -0.05) is 12.1 Å². The molecular formula is C13H17NO2. The van der Waals surface area contributed by atoms with Gasteiger partial charge in [-0.05, 0) is 37.6 Å². The Morgan fingerprint density at radius 2 is 2.25 bits per heavy atom. The lowest BCUT2D eigenvalue weighted by Gasteiger charge is -2.03. The van der Waals surface area contributed by atoms with Gasteiger partial charge in [-0.15, -0.1) is 0 Å². The molecule has 0 aromatic heterocycles. The SMILES string of the molecule is CCNc1cccc(C=CC(=O)OCC)c1. The minimum Gasteiger partial charge on any atom is -0.463 e. The van der Waals surface area contributed by atoms with Gasteiger partial charge in [0.25, 0.3) is 0 Å². The van der Waals surface area contributed by atoms with E-state index >= 15 is 0 Å². The molecule has 0 amide bonds. The van der Waals surface area contributed by atoms with E-state index in [1.54, 1.807) is 13.0 Å². The van der Waals surface area contributed by atoms with Gasteiger partial charge in [0, 0.05) is 18.3 Å². The predicted octanol–water partition coefficient (Wildman–Crippen LogP) is 2.69. The van der Waals surface area contributed by atoms with Gasteiger partial charge in [0.2, 0.25) is 0 Å². The van der Waals surface area contributed by atoms with Gasteiger partial charge in [-0.3, -0.25) is 0 Å². The van der Waals surface area contributed by atoms with E-state index in [-0.39, 0.29) is 5.97 Å². The highest BCUT2D eigenvalue weighted by Crippen LogP contribution is 2.11. The maximum atomic E-state index is 11.1. The van der Waals surface area contributed by atoms with Crippen LogP contribution in [0.1, 0.15) is 19.4 Å². The highest BCUT2D eigenvalue weighted by molar-refractivity contribution is 5.87. The van der Waals surface area contributed by atoms with Gasteiger partial charge in [0.15, 0.2) is 0 Å². The molecule has 3 nitrogen and oxygen atoms in total. The summed E-state index contributed by atoms with van der Waals surface area (Å²) in [7, 11) is 0. The van der Waals surface area contributed by atoms with Gasteiger partial charge < -0.3 is 10.1 Å². The third-order valence-electron chi connectivity index (χ3n) is 1.97. The van der Waals surface area contributed by atoms with E-state index < -0.39 is 0 Å². The second-order valence-corrected chi connectivity index (χ2v) is 3.24. The van der Waals surface area contributed by atoms with Gasteiger partial charge in [0.05, 0.1) is 6.61 Å². The number of ether oxygens (including phenoxy) is 1. The zero-order valence-corrected chi connectivity index (χ0v) is 9.69. The van der Waals surface area contributed by atoms with E-state index in [0.29, 0.717) is 6.61 Å². The molecule has 86 valence electrons. The smallest absolute Gasteiger partial charge is 0.330 e. The molecular weight excluding hydrogens is 202 g/mol. The fourth-order valence-electron chi connectivity index (χ4n) is 1.31. The van der Waals surface area contributed by atoms with Crippen molar-refractivity contribution in [2.75, 3.05) is 18.5 Å². The van der Waals surface area contributed by atoms with Crippen molar-refractivity contribution in [1.82, 2.24) is 0 Å². The number of benzene rings is 1. The zero-order chi connectivity index (χ0) is 11.8. The van der Waals surface area contributed by atoms with Crippen LogP contribution in [0, 0.1) is 0 Å². The van der Waals surface area contributed by atoms with Crippen molar-refractivity contribution in [3.05, 3.63) is 35.9 Å². The molecule has 0 saturated carbocycles. The van der Waals surface area contributed by atoms with Crippen molar-refractivity contribution in [2.24, 2.45) is 0 Å². The standard InChI is InChI=1S/C13H17NO2/c1-3-14-12-7-5-6-11(10-12)8-9-13(15)16-4-2/h5-10,14H,3-4H2,1-2H3. The summed E-state index contributed by atoms with van der Waals surface area (Å²) in [6, 6.07) is 7.86. The second-order valence-electron chi connectivity index (χ2n) is 3.24. The van der Waals surface area contributed by atoms with E-state index in [4.69, 9.17) is 4.74 Å². The quantitative estimate of drug-likeness (QED) is 0.611. The largest absolute Gasteiger partial charge is 0.463 e. The molecule has 0 heterocycles. The topological polar surface area (TPSA) is 38.3 Å². The van der Waals surface area contributed by atoms with Crippen molar-refractivity contribution in [1.29, 1.82) is 0 Å². The molecule has 0 aliphatic rings. The first-order valence-corrected chi connectivity index (χ1v) is 5.45. The average molecular weight is 219 g/mol. The third-order valence-corrected chi connectivity index (χ3v) is 1.97. The monoisotopic (exact) mass is 219 g/mol. The molecule has 0 saturated heterocycles. The van der Waals surface area contributed by atoms with Gasteiger partial charge in [0.1, 0.15) is 0 Å². The molecule has 1 N–H and O–H groups in total. The highest BCUT2D eigenvalue weighted by Gasteiger charge is 1.95. The molecule has 0 unspecified atom stereocenters. The summed E-state index contributed by atoms with van der Waals surface area (Å²) in [5, 5.41) is 3.21. The Hall–Kier alpha value is -1.77. The summed E-state index contributed by atoms with van der Waals surface area (Å²) in [6.07, 6.45) is 3.19. The van der Waals surface area contributed by atoms with E-state index in [1.807, 2.05) is 31.2 Å². The molecule has 0 aliphatic heterocycles. The Kier molecular flexibility index (Phi) is 5.12. The van der Waals surface area contributed by atoms with Crippen LogP contribution in [0.2, 0.25) is 0 Å². The van der Waals surface area contributed by atoms with Crippen molar-refractivity contribution >= 4 is 17.7 Å². The summed E-state index contributed by atoms with van der Waals surface area (Å²) in [6.45, 7) is 5.12. The summed E-state index contributed by atoms with van der Waals surface area (Å²) in [5.74, 6) is -0.309. The normalized spacial score (nSPS) is 10.4. The lowest BCUT2D eigenvalue weighted by molar-refractivity contribution is -0.137. The first kappa shape index (κ1) is 12.3. The van der Waals surface area contributed by atoms with Crippen LogP contribution in [0.4, 0.5) is 5.69 Å². The number of rotatable bonds is 5. The number of anilines is 1. The summed E-state index contributed by atoms with van der Waals surface area (Å²) >= 11 is 0. The van der Waals surface area contributed by atoms with Gasteiger partial charge in [-0.25, -0.2) is 4.79 Å². The van der Waals surface area contributed by atoms with E-state index in [0.717, 1.165) is 17.8 Å². The summed E-state index contributed by atoms with van der Waals surface area (Å²) in [4.78, 5) is 11.1. The molecule has 0 fully saturated rings. The average Bonchev–Trinajstić information content (AvgIpc) is 2.28. The van der Waals surface area contributed by atoms with Gasteiger partial charge >= 0.3 is 5.97 Å². The molecule has 0 aliphatic carbocycles. The number of carbonyl (C=O) groups excluding carboxylic acids is 1. The maximum absolute atomic E-state index is 11.1. The van der Waals surface area contributed by atoms with E-state index in [2.05, 4.69) is 5.32 Å². The fourth-order valence-corrected chi connectivity index (χ4v) is 1.31. The number of hydrogen-bond acceptors (Lipinski definition) is 3. The Morgan fingerprint density at radius 3 is 2.94 bits per heavy atom. The highest BCUT2D eigenvalue weighted by atomic mass is 16.5. The van der Waals surface area contributed by atoms with Crippen molar-refractivity contribution in [3.63, 3.8) is 0 Å². The minimum atomic E-state index is -0.309. The Morgan fingerprint density at radius 1 is 1.44 bits per heavy atom. The van der Waals surface area contributed by atoms with E-state index in [1.165, 1.54) is 6.08 Å². The Bertz CT molecular complexity index is 372. The number of carbonyl (C=O) groups is 1. The first-order valence-electron chi connectivity index (χ1n) is 5.45. The van der Waals surface area contributed by atoms with Crippen LogP contribution in [0.25, 0.3) is 6.08 Å². The first-order chi connectivity index (χ1) is 7.76. The van der Waals surface area contributed by atoms with E-state index in [9.17, 15) is 4.79 Å². The van der Waals surface area contributed by atoms with Crippen LogP contribution in [-0.4, -0.2) is 19.1 Å². The number of esters is 1. The van der Waals surface area contributed by atoms with Crippen LogP contribution in [0.15, 0.2) is 30.3 Å². The number of nitrogens with one attached hydrogen (secondary N) is 1. The van der Waals surface area contributed by atoms with Crippen molar-refractivity contribution in [3.8, 4) is 0 Å². The van der Waals surface area contributed by atoms with Crippen LogP contribution in [0.5, 0.6) is 0 Å². The Labute approximate surface area is 96.1 Å². The lowest BCUT2D eigenvalue weighted by atomic mass is 10.2. The van der Waals surface area contributed by atoms with Crippen molar-refractivity contribution < 1.29 is 9.53 Å². The van der Waals surface area contributed by atoms with Crippen molar-refractivity contribution in [2.45, 2.75) is 13.8 Å². The third kappa shape index (κ3) is 4.17. The molecule has 1 aromatic carbocycles. The summed E-state index contributed by atoms with van der Waals surface area (Å²) < 4.78 is 4.80. The Balaban J connectivity index is 2.66. The second kappa shape index (κ2) is 6.67. The van der Waals surface area contributed by atoms with Gasteiger partial charge in [-0.2, -0.15) is 0 Å². The zero-order valence-electron chi connectivity index (χ0n) is 9.69. The van der Waals surface area contributed by atoms with Crippen LogP contribution < -0.4 is 5.32 Å². The van der Waals surface area contributed by atoms with Crippen LogP contribution in [-0.2, 0) is 9.53 Å². The summed E-state index contributed by atoms with van der Waals surface area (Å²) in [5.41, 5.74) is 2.03. The molecule has 1 aromatic rings. The minimum absolute atomic E-state index is 0.309. The molecule has 16 heavy (non-hydrogen) atoms. The van der Waals surface area contributed by atoms with Crippen LogP contribution in [0.3, 0.4) is 0 Å². The predicted molar refractivity (Wildman–Crippen MR) is 66.3 cm³/mol. The number of hydrogen-bond donors (Lipinski definition) is 1. The molecule has 0 radical (unpaired) electrons.